The predicted molar refractivity (Wildman–Crippen MR) is 102 cm³/mol. The van der Waals surface area contributed by atoms with E-state index in [9.17, 15) is 4.79 Å². The fourth-order valence-electron chi connectivity index (χ4n) is 2.89. The summed E-state index contributed by atoms with van der Waals surface area (Å²) in [6, 6.07) is 20.1. The molecule has 25 heavy (non-hydrogen) atoms. The summed E-state index contributed by atoms with van der Waals surface area (Å²) in [5, 5.41) is 4.45. The van der Waals surface area contributed by atoms with Gasteiger partial charge < -0.3 is 10.2 Å². The summed E-state index contributed by atoms with van der Waals surface area (Å²) in [6.45, 7) is 3.98. The van der Waals surface area contributed by atoms with E-state index in [1.54, 1.807) is 6.20 Å². The minimum atomic E-state index is 0.159. The lowest BCUT2D eigenvalue weighted by molar-refractivity contribution is -0.131. The number of benzene rings is 2. The number of carbonyl (C=O) groups excluding carboxylic acids is 1. The molecule has 0 saturated heterocycles. The van der Waals surface area contributed by atoms with E-state index < -0.39 is 0 Å². The van der Waals surface area contributed by atoms with Gasteiger partial charge in [-0.3, -0.25) is 9.78 Å². The minimum Gasteiger partial charge on any atom is -0.383 e. The predicted octanol–water partition coefficient (Wildman–Crippen LogP) is 4.09. The highest BCUT2D eigenvalue weighted by Gasteiger charge is 2.12. The summed E-state index contributed by atoms with van der Waals surface area (Å²) < 4.78 is 0. The lowest BCUT2D eigenvalue weighted by atomic mass is 10.2. The first-order valence-corrected chi connectivity index (χ1v) is 8.67. The Labute approximate surface area is 148 Å². The molecule has 0 unspecified atom stereocenters. The number of amides is 1. The Bertz CT molecular complexity index is 827. The summed E-state index contributed by atoms with van der Waals surface area (Å²) >= 11 is 0. The summed E-state index contributed by atoms with van der Waals surface area (Å²) in [6.07, 6.45) is 2.25. The number of nitrogens with zero attached hydrogens (tertiary/aromatic N) is 2. The van der Waals surface area contributed by atoms with Crippen LogP contribution >= 0.6 is 0 Å². The van der Waals surface area contributed by atoms with Crippen LogP contribution in [0.25, 0.3) is 10.9 Å². The van der Waals surface area contributed by atoms with Crippen LogP contribution in [0.15, 0.2) is 66.9 Å². The van der Waals surface area contributed by atoms with Gasteiger partial charge in [-0.2, -0.15) is 0 Å². The first-order chi connectivity index (χ1) is 12.3. The zero-order valence-electron chi connectivity index (χ0n) is 14.5. The van der Waals surface area contributed by atoms with E-state index in [2.05, 4.69) is 22.4 Å². The first-order valence-electron chi connectivity index (χ1n) is 8.67. The summed E-state index contributed by atoms with van der Waals surface area (Å²) in [5.41, 5.74) is 3.06. The standard InChI is InChI=1S/C21H23N3O/c1-2-24(16-17-8-4-3-5-9-17)20(25)13-15-22-19-12-6-10-18-11-7-14-23-21(18)19/h3-12,14,22H,2,13,15-16H2,1H3. The van der Waals surface area contributed by atoms with Crippen molar-refractivity contribution in [2.45, 2.75) is 19.9 Å². The van der Waals surface area contributed by atoms with Gasteiger partial charge in [0.15, 0.2) is 0 Å². The van der Waals surface area contributed by atoms with Gasteiger partial charge >= 0.3 is 0 Å². The van der Waals surface area contributed by atoms with Crippen LogP contribution in [0.5, 0.6) is 0 Å². The molecule has 3 aromatic rings. The van der Waals surface area contributed by atoms with Gasteiger partial charge in [0.2, 0.25) is 5.91 Å². The fraction of sp³-hybridized carbons (Fsp3) is 0.238. The molecule has 128 valence electrons. The Kier molecular flexibility index (Phi) is 5.62. The smallest absolute Gasteiger partial charge is 0.224 e. The van der Waals surface area contributed by atoms with Gasteiger partial charge in [0, 0.05) is 37.6 Å². The van der Waals surface area contributed by atoms with Gasteiger partial charge in [-0.15, -0.1) is 0 Å². The van der Waals surface area contributed by atoms with Crippen molar-refractivity contribution in [3.8, 4) is 0 Å². The van der Waals surface area contributed by atoms with Gasteiger partial charge in [0.05, 0.1) is 11.2 Å². The highest BCUT2D eigenvalue weighted by molar-refractivity contribution is 5.90. The normalized spacial score (nSPS) is 10.6. The van der Waals surface area contributed by atoms with Gasteiger partial charge in [0.1, 0.15) is 0 Å². The molecule has 0 atom stereocenters. The Hall–Kier alpha value is -2.88. The second-order valence-electron chi connectivity index (χ2n) is 5.95. The number of rotatable bonds is 7. The average Bonchev–Trinajstić information content (AvgIpc) is 2.67. The van der Waals surface area contributed by atoms with E-state index in [0.717, 1.165) is 22.2 Å². The quantitative estimate of drug-likeness (QED) is 0.708. The molecular formula is C21H23N3O. The number of para-hydroxylation sites is 1. The van der Waals surface area contributed by atoms with Gasteiger partial charge in [-0.05, 0) is 24.6 Å². The van der Waals surface area contributed by atoms with E-state index >= 15 is 0 Å². The number of aromatic nitrogens is 1. The van der Waals surface area contributed by atoms with Crippen LogP contribution in [-0.2, 0) is 11.3 Å². The molecule has 1 aromatic heterocycles. The SMILES string of the molecule is CCN(Cc1ccccc1)C(=O)CCNc1cccc2cccnc12. The Morgan fingerprint density at radius 1 is 1.04 bits per heavy atom. The van der Waals surface area contributed by atoms with Crippen LogP contribution in [0.2, 0.25) is 0 Å². The second-order valence-corrected chi connectivity index (χ2v) is 5.95. The third-order valence-corrected chi connectivity index (χ3v) is 4.24. The molecule has 0 aliphatic rings. The molecule has 0 spiro atoms. The Morgan fingerprint density at radius 3 is 2.64 bits per heavy atom. The molecule has 3 rings (SSSR count). The van der Waals surface area contributed by atoms with E-state index in [0.29, 0.717) is 26.1 Å². The van der Waals surface area contributed by atoms with Crippen molar-refractivity contribution in [3.63, 3.8) is 0 Å². The van der Waals surface area contributed by atoms with Crippen LogP contribution in [0.4, 0.5) is 5.69 Å². The van der Waals surface area contributed by atoms with Crippen LogP contribution in [0.3, 0.4) is 0 Å². The molecule has 0 radical (unpaired) electrons. The molecular weight excluding hydrogens is 310 g/mol. The Morgan fingerprint density at radius 2 is 1.84 bits per heavy atom. The van der Waals surface area contributed by atoms with Gasteiger partial charge in [-0.1, -0.05) is 48.5 Å². The largest absolute Gasteiger partial charge is 0.383 e. The van der Waals surface area contributed by atoms with Crippen LogP contribution in [-0.4, -0.2) is 28.9 Å². The molecule has 1 N–H and O–H groups in total. The van der Waals surface area contributed by atoms with E-state index in [-0.39, 0.29) is 5.91 Å². The molecule has 4 nitrogen and oxygen atoms in total. The number of anilines is 1. The highest BCUT2D eigenvalue weighted by Crippen LogP contribution is 2.20. The maximum absolute atomic E-state index is 12.5. The second kappa shape index (κ2) is 8.29. The molecule has 0 fully saturated rings. The maximum Gasteiger partial charge on any atom is 0.224 e. The number of nitrogens with one attached hydrogen (secondary N) is 1. The Balaban J connectivity index is 1.57. The van der Waals surface area contributed by atoms with Gasteiger partial charge in [-0.25, -0.2) is 0 Å². The zero-order valence-corrected chi connectivity index (χ0v) is 14.5. The number of hydrogen-bond donors (Lipinski definition) is 1. The third kappa shape index (κ3) is 4.35. The lowest BCUT2D eigenvalue weighted by Crippen LogP contribution is -2.31. The van der Waals surface area contributed by atoms with Crippen molar-refractivity contribution in [2.75, 3.05) is 18.4 Å². The number of pyridine rings is 1. The fourth-order valence-corrected chi connectivity index (χ4v) is 2.89. The molecule has 1 amide bonds. The maximum atomic E-state index is 12.5. The summed E-state index contributed by atoms with van der Waals surface area (Å²) in [4.78, 5) is 18.8. The van der Waals surface area contributed by atoms with E-state index in [4.69, 9.17) is 0 Å². The van der Waals surface area contributed by atoms with Crippen molar-refractivity contribution in [1.82, 2.24) is 9.88 Å². The average molecular weight is 333 g/mol. The van der Waals surface area contributed by atoms with Crippen LogP contribution < -0.4 is 5.32 Å². The van der Waals surface area contributed by atoms with E-state index in [1.165, 1.54) is 0 Å². The monoisotopic (exact) mass is 333 g/mol. The van der Waals surface area contributed by atoms with Gasteiger partial charge in [0.25, 0.3) is 0 Å². The van der Waals surface area contributed by atoms with Crippen molar-refractivity contribution in [1.29, 1.82) is 0 Å². The lowest BCUT2D eigenvalue weighted by Gasteiger charge is -2.21. The highest BCUT2D eigenvalue weighted by atomic mass is 16.2. The molecule has 4 heteroatoms. The molecule has 2 aromatic carbocycles. The number of hydrogen-bond acceptors (Lipinski definition) is 3. The van der Waals surface area contributed by atoms with Crippen LogP contribution in [0.1, 0.15) is 18.9 Å². The van der Waals surface area contributed by atoms with E-state index in [1.807, 2.05) is 60.4 Å². The molecule has 0 saturated carbocycles. The molecule has 0 bridgehead atoms. The summed E-state index contributed by atoms with van der Waals surface area (Å²) in [7, 11) is 0. The number of carbonyl (C=O) groups is 1. The molecule has 0 aliphatic heterocycles. The van der Waals surface area contributed by atoms with Crippen molar-refractivity contribution in [2.24, 2.45) is 0 Å². The number of fused-ring (bicyclic) bond motifs is 1. The molecule has 1 heterocycles. The first kappa shape index (κ1) is 17.0. The van der Waals surface area contributed by atoms with Crippen molar-refractivity contribution >= 4 is 22.5 Å². The zero-order chi connectivity index (χ0) is 17.5. The van der Waals surface area contributed by atoms with Crippen LogP contribution in [0, 0.1) is 0 Å². The summed E-state index contributed by atoms with van der Waals surface area (Å²) in [5.74, 6) is 0.159. The van der Waals surface area contributed by atoms with Crippen molar-refractivity contribution in [3.05, 3.63) is 72.4 Å². The van der Waals surface area contributed by atoms with Crippen molar-refractivity contribution < 1.29 is 4.79 Å². The third-order valence-electron chi connectivity index (χ3n) is 4.24. The minimum absolute atomic E-state index is 0.159. The molecule has 0 aliphatic carbocycles. The topological polar surface area (TPSA) is 45.2 Å².